The number of carbonyl (C=O) groups excluding carboxylic acids is 1. The first-order chi connectivity index (χ1) is 12.8. The van der Waals surface area contributed by atoms with E-state index in [1.54, 1.807) is 0 Å². The highest BCUT2D eigenvalue weighted by atomic mass is 35.5. The largest absolute Gasteiger partial charge is 0.352 e. The molecule has 4 rings (SSSR count). The minimum absolute atomic E-state index is 0. The van der Waals surface area contributed by atoms with Crippen LogP contribution in [0.3, 0.4) is 0 Å². The summed E-state index contributed by atoms with van der Waals surface area (Å²) in [5.41, 5.74) is 5.42. The van der Waals surface area contributed by atoms with Crippen LogP contribution in [0.25, 0.3) is 0 Å². The summed E-state index contributed by atoms with van der Waals surface area (Å²) in [6.45, 7) is 2.56. The molecule has 0 unspecified atom stereocenters. The van der Waals surface area contributed by atoms with E-state index in [0.29, 0.717) is 24.8 Å². The molecular formula is C23H29ClN2O. The first-order valence-corrected chi connectivity index (χ1v) is 9.91. The highest BCUT2D eigenvalue weighted by Gasteiger charge is 2.24. The van der Waals surface area contributed by atoms with Crippen LogP contribution in [0.5, 0.6) is 0 Å². The Morgan fingerprint density at radius 2 is 1.70 bits per heavy atom. The SMILES string of the molecule is Cl.O=C(CC1CCC(c2ccccc2)CC1)NCc1ccc2c(c1)CNC2. The van der Waals surface area contributed by atoms with E-state index in [-0.39, 0.29) is 18.3 Å². The summed E-state index contributed by atoms with van der Waals surface area (Å²) in [5, 5.41) is 6.48. The van der Waals surface area contributed by atoms with Crippen LogP contribution in [-0.2, 0) is 24.4 Å². The molecule has 0 atom stereocenters. The maximum Gasteiger partial charge on any atom is 0.220 e. The molecule has 2 aromatic carbocycles. The number of nitrogens with one attached hydrogen (secondary N) is 2. The smallest absolute Gasteiger partial charge is 0.220 e. The van der Waals surface area contributed by atoms with Gasteiger partial charge >= 0.3 is 0 Å². The second-order valence-corrected chi connectivity index (χ2v) is 7.82. The summed E-state index contributed by atoms with van der Waals surface area (Å²) in [6.07, 6.45) is 5.42. The minimum atomic E-state index is 0. The van der Waals surface area contributed by atoms with Gasteiger partial charge in [-0.25, -0.2) is 0 Å². The van der Waals surface area contributed by atoms with Crippen molar-refractivity contribution in [2.45, 2.75) is 57.7 Å². The molecule has 2 aliphatic rings. The molecule has 27 heavy (non-hydrogen) atoms. The molecule has 0 radical (unpaired) electrons. The van der Waals surface area contributed by atoms with Crippen LogP contribution in [0, 0.1) is 5.92 Å². The average molecular weight is 385 g/mol. The fraction of sp³-hybridized carbons (Fsp3) is 0.435. The Balaban J connectivity index is 0.00000210. The molecule has 0 aromatic heterocycles. The molecule has 1 amide bonds. The van der Waals surface area contributed by atoms with Gasteiger partial charge in [-0.05, 0) is 59.8 Å². The minimum Gasteiger partial charge on any atom is -0.352 e. The maximum atomic E-state index is 12.3. The zero-order valence-electron chi connectivity index (χ0n) is 15.7. The van der Waals surface area contributed by atoms with E-state index < -0.39 is 0 Å². The van der Waals surface area contributed by atoms with Crippen LogP contribution in [0.15, 0.2) is 48.5 Å². The second-order valence-electron chi connectivity index (χ2n) is 7.82. The lowest BCUT2D eigenvalue weighted by molar-refractivity contribution is -0.122. The Kier molecular flexibility index (Phi) is 6.92. The van der Waals surface area contributed by atoms with Gasteiger partial charge < -0.3 is 10.6 Å². The van der Waals surface area contributed by atoms with Gasteiger partial charge in [-0.2, -0.15) is 0 Å². The van der Waals surface area contributed by atoms with Gasteiger partial charge in [0.25, 0.3) is 0 Å². The van der Waals surface area contributed by atoms with Gasteiger partial charge in [-0.1, -0.05) is 48.5 Å². The van der Waals surface area contributed by atoms with Crippen LogP contribution >= 0.6 is 12.4 Å². The Bertz CT molecular complexity index is 754. The van der Waals surface area contributed by atoms with Gasteiger partial charge in [0.05, 0.1) is 0 Å². The van der Waals surface area contributed by atoms with E-state index >= 15 is 0 Å². The van der Waals surface area contributed by atoms with E-state index in [9.17, 15) is 4.79 Å². The van der Waals surface area contributed by atoms with Gasteiger partial charge in [0.2, 0.25) is 5.91 Å². The van der Waals surface area contributed by atoms with E-state index in [1.165, 1.54) is 35.1 Å². The fourth-order valence-electron chi connectivity index (χ4n) is 4.42. The van der Waals surface area contributed by atoms with Gasteiger partial charge in [0, 0.05) is 26.1 Å². The van der Waals surface area contributed by atoms with Crippen molar-refractivity contribution in [1.82, 2.24) is 10.6 Å². The van der Waals surface area contributed by atoms with Crippen molar-refractivity contribution >= 4 is 18.3 Å². The molecule has 0 spiro atoms. The first kappa shape index (κ1) is 19.9. The van der Waals surface area contributed by atoms with Gasteiger partial charge in [0.15, 0.2) is 0 Å². The van der Waals surface area contributed by atoms with E-state index in [0.717, 1.165) is 25.9 Å². The second kappa shape index (κ2) is 9.38. The molecule has 1 heterocycles. The topological polar surface area (TPSA) is 41.1 Å². The van der Waals surface area contributed by atoms with Gasteiger partial charge in [0.1, 0.15) is 0 Å². The Morgan fingerprint density at radius 3 is 2.48 bits per heavy atom. The first-order valence-electron chi connectivity index (χ1n) is 9.91. The third kappa shape index (κ3) is 5.12. The lowest BCUT2D eigenvalue weighted by Crippen LogP contribution is -2.26. The normalized spacial score (nSPS) is 21.2. The highest BCUT2D eigenvalue weighted by Crippen LogP contribution is 2.36. The number of benzene rings is 2. The van der Waals surface area contributed by atoms with Crippen LogP contribution in [0.1, 0.15) is 60.3 Å². The molecule has 3 nitrogen and oxygen atoms in total. The summed E-state index contributed by atoms with van der Waals surface area (Å²) in [4.78, 5) is 12.3. The van der Waals surface area contributed by atoms with E-state index in [1.807, 2.05) is 0 Å². The molecule has 1 fully saturated rings. The lowest BCUT2D eigenvalue weighted by atomic mass is 9.77. The fourth-order valence-corrected chi connectivity index (χ4v) is 4.42. The van der Waals surface area contributed by atoms with Crippen molar-refractivity contribution < 1.29 is 4.79 Å². The van der Waals surface area contributed by atoms with E-state index in [2.05, 4.69) is 59.2 Å². The van der Waals surface area contributed by atoms with Crippen LogP contribution in [0.4, 0.5) is 0 Å². The van der Waals surface area contributed by atoms with E-state index in [4.69, 9.17) is 0 Å². The van der Waals surface area contributed by atoms with Crippen LogP contribution in [0.2, 0.25) is 0 Å². The molecule has 0 bridgehead atoms. The molecule has 1 saturated carbocycles. The standard InChI is InChI=1S/C23H28N2O.ClH/c26-23(25-14-18-8-11-21-15-24-16-22(21)12-18)13-17-6-9-20(10-7-17)19-4-2-1-3-5-19;/h1-5,8,11-12,17,20,24H,6-7,9-10,13-16H2,(H,25,26);1H. The summed E-state index contributed by atoms with van der Waals surface area (Å²) < 4.78 is 0. The Labute approximate surface area is 168 Å². The molecule has 144 valence electrons. The predicted octanol–water partition coefficient (Wildman–Crippen LogP) is 4.69. The quantitative estimate of drug-likeness (QED) is 0.785. The number of fused-ring (bicyclic) bond motifs is 1. The number of rotatable bonds is 5. The number of carbonyl (C=O) groups is 1. The van der Waals surface area contributed by atoms with Crippen molar-refractivity contribution in [3.05, 3.63) is 70.8 Å². The molecule has 4 heteroatoms. The Hall–Kier alpha value is -1.84. The summed E-state index contributed by atoms with van der Waals surface area (Å²) in [7, 11) is 0. The zero-order chi connectivity index (χ0) is 17.8. The van der Waals surface area contributed by atoms with Gasteiger partial charge in [-0.3, -0.25) is 4.79 Å². The van der Waals surface area contributed by atoms with Crippen molar-refractivity contribution in [3.8, 4) is 0 Å². The monoisotopic (exact) mass is 384 g/mol. The molecule has 2 N–H and O–H groups in total. The third-order valence-electron chi connectivity index (χ3n) is 5.98. The van der Waals surface area contributed by atoms with Crippen molar-refractivity contribution in [2.24, 2.45) is 5.92 Å². The predicted molar refractivity (Wildman–Crippen MR) is 112 cm³/mol. The van der Waals surface area contributed by atoms with Crippen LogP contribution in [-0.4, -0.2) is 5.91 Å². The van der Waals surface area contributed by atoms with Crippen molar-refractivity contribution in [3.63, 3.8) is 0 Å². The molecule has 1 aliphatic carbocycles. The van der Waals surface area contributed by atoms with Crippen molar-refractivity contribution in [2.75, 3.05) is 0 Å². The molecule has 2 aromatic rings. The molecular weight excluding hydrogens is 356 g/mol. The maximum absolute atomic E-state index is 12.3. The summed E-state index contributed by atoms with van der Waals surface area (Å²) in [6, 6.07) is 17.4. The number of amides is 1. The number of hydrogen-bond acceptors (Lipinski definition) is 2. The number of halogens is 1. The average Bonchev–Trinajstić information content (AvgIpc) is 3.15. The zero-order valence-corrected chi connectivity index (χ0v) is 16.6. The summed E-state index contributed by atoms with van der Waals surface area (Å²) in [5.74, 6) is 1.42. The van der Waals surface area contributed by atoms with Crippen molar-refractivity contribution in [1.29, 1.82) is 0 Å². The molecule has 0 saturated heterocycles. The highest BCUT2D eigenvalue weighted by molar-refractivity contribution is 5.85. The number of hydrogen-bond donors (Lipinski definition) is 2. The third-order valence-corrected chi connectivity index (χ3v) is 5.98. The molecule has 1 aliphatic heterocycles. The lowest BCUT2D eigenvalue weighted by Gasteiger charge is -2.28. The Morgan fingerprint density at radius 1 is 0.963 bits per heavy atom. The van der Waals surface area contributed by atoms with Crippen LogP contribution < -0.4 is 10.6 Å². The summed E-state index contributed by atoms with van der Waals surface area (Å²) >= 11 is 0. The van der Waals surface area contributed by atoms with Gasteiger partial charge in [-0.15, -0.1) is 12.4 Å².